The Morgan fingerprint density at radius 2 is 2.33 bits per heavy atom. The van der Waals surface area contributed by atoms with Crippen molar-refractivity contribution in [2.24, 2.45) is 0 Å². The molecule has 1 aliphatic heterocycles. The fourth-order valence-corrected chi connectivity index (χ4v) is 1.39. The second kappa shape index (κ2) is 1.27. The molecule has 0 radical (unpaired) electrons. The summed E-state index contributed by atoms with van der Waals surface area (Å²) < 4.78 is 0. The predicted octanol–water partition coefficient (Wildman–Crippen LogP) is 0.200. The Balaban J connectivity index is 2.28. The summed E-state index contributed by atoms with van der Waals surface area (Å²) in [7, 11) is 1.99. The van der Waals surface area contributed by atoms with Crippen LogP contribution in [0.5, 0.6) is 0 Å². The van der Waals surface area contributed by atoms with E-state index in [1.54, 1.807) is 0 Å². The lowest BCUT2D eigenvalue weighted by Crippen LogP contribution is -2.33. The van der Waals surface area contributed by atoms with Gasteiger partial charge >= 0.3 is 0 Å². The van der Waals surface area contributed by atoms with Gasteiger partial charge in [0.15, 0.2) is 5.78 Å². The quantitative estimate of drug-likeness (QED) is 0.429. The highest BCUT2D eigenvalue weighted by atomic mass is 16.1. The highest BCUT2D eigenvalue weighted by molar-refractivity contribution is 5.99. The summed E-state index contributed by atoms with van der Waals surface area (Å²) in [6.07, 6.45) is 4.67. The Bertz CT molecular complexity index is 189. The van der Waals surface area contributed by atoms with E-state index in [0.717, 1.165) is 13.0 Å². The Morgan fingerprint density at radius 3 is 2.56 bits per heavy atom. The standard InChI is InChI=1S/C7H9NO/c1-8-5-2-6(9)7(8)3-4-7/h3-4H,2,5H2,1H3. The maximum Gasteiger partial charge on any atom is 0.162 e. The Hall–Kier alpha value is -0.630. The molecule has 1 heterocycles. The summed E-state index contributed by atoms with van der Waals surface area (Å²) >= 11 is 0. The van der Waals surface area contributed by atoms with Crippen LogP contribution >= 0.6 is 0 Å². The van der Waals surface area contributed by atoms with E-state index in [-0.39, 0.29) is 5.54 Å². The van der Waals surface area contributed by atoms with Gasteiger partial charge in [0.1, 0.15) is 5.54 Å². The van der Waals surface area contributed by atoms with E-state index in [1.807, 2.05) is 19.2 Å². The zero-order valence-corrected chi connectivity index (χ0v) is 5.42. The minimum atomic E-state index is -0.194. The highest BCUT2D eigenvalue weighted by Gasteiger charge is 2.49. The first-order chi connectivity index (χ1) is 4.26. The van der Waals surface area contributed by atoms with Crippen molar-refractivity contribution < 1.29 is 4.79 Å². The number of ketones is 1. The highest BCUT2D eigenvalue weighted by Crippen LogP contribution is 2.36. The van der Waals surface area contributed by atoms with Gasteiger partial charge in [-0.1, -0.05) is 12.2 Å². The molecular weight excluding hydrogens is 114 g/mol. The van der Waals surface area contributed by atoms with Gasteiger partial charge in [0.05, 0.1) is 0 Å². The van der Waals surface area contributed by atoms with Gasteiger partial charge in [0.2, 0.25) is 0 Å². The lowest BCUT2D eigenvalue weighted by molar-refractivity contribution is -0.119. The summed E-state index contributed by atoms with van der Waals surface area (Å²) in [6.45, 7) is 0.922. The van der Waals surface area contributed by atoms with E-state index in [9.17, 15) is 4.79 Å². The second-order valence-corrected chi connectivity index (χ2v) is 2.75. The molecule has 2 heteroatoms. The number of hydrogen-bond acceptors (Lipinski definition) is 2. The minimum Gasteiger partial charge on any atom is -0.297 e. The van der Waals surface area contributed by atoms with Crippen LogP contribution in [0.4, 0.5) is 0 Å². The van der Waals surface area contributed by atoms with Crippen LogP contribution in [0.2, 0.25) is 0 Å². The number of carbonyl (C=O) groups excluding carboxylic acids is 1. The number of hydrogen-bond donors (Lipinski definition) is 0. The fraction of sp³-hybridized carbons (Fsp3) is 0.571. The average molecular weight is 123 g/mol. The average Bonchev–Trinajstić information content (AvgIpc) is 2.56. The predicted molar refractivity (Wildman–Crippen MR) is 34.1 cm³/mol. The van der Waals surface area contributed by atoms with E-state index in [0.29, 0.717) is 5.78 Å². The molecule has 0 aromatic carbocycles. The third kappa shape index (κ3) is 0.465. The van der Waals surface area contributed by atoms with Gasteiger partial charge in [-0.2, -0.15) is 0 Å². The molecule has 0 amide bonds. The van der Waals surface area contributed by atoms with Crippen molar-refractivity contribution >= 4 is 5.78 Å². The lowest BCUT2D eigenvalue weighted by Gasteiger charge is -2.15. The Morgan fingerprint density at radius 1 is 1.67 bits per heavy atom. The van der Waals surface area contributed by atoms with Crippen LogP contribution in [-0.2, 0) is 4.79 Å². The van der Waals surface area contributed by atoms with Crippen molar-refractivity contribution in [2.75, 3.05) is 13.6 Å². The van der Waals surface area contributed by atoms with Gasteiger partial charge in [-0.3, -0.25) is 9.69 Å². The summed E-state index contributed by atoms with van der Waals surface area (Å²) in [4.78, 5) is 13.2. The topological polar surface area (TPSA) is 20.3 Å². The van der Waals surface area contributed by atoms with Crippen molar-refractivity contribution in [3.05, 3.63) is 12.2 Å². The molecule has 0 saturated carbocycles. The lowest BCUT2D eigenvalue weighted by atomic mass is 10.1. The summed E-state index contributed by atoms with van der Waals surface area (Å²) in [5.41, 5.74) is -0.194. The van der Waals surface area contributed by atoms with Gasteiger partial charge < -0.3 is 0 Å². The van der Waals surface area contributed by atoms with Crippen LogP contribution in [0.3, 0.4) is 0 Å². The molecule has 1 saturated heterocycles. The van der Waals surface area contributed by atoms with Crippen molar-refractivity contribution in [1.29, 1.82) is 0 Å². The van der Waals surface area contributed by atoms with Gasteiger partial charge in [-0.05, 0) is 7.05 Å². The van der Waals surface area contributed by atoms with Crippen LogP contribution in [0, 0.1) is 0 Å². The number of carbonyl (C=O) groups is 1. The first-order valence-electron chi connectivity index (χ1n) is 3.21. The van der Waals surface area contributed by atoms with E-state index in [4.69, 9.17) is 0 Å². The monoisotopic (exact) mass is 123 g/mol. The van der Waals surface area contributed by atoms with Crippen LogP contribution in [-0.4, -0.2) is 29.8 Å². The SMILES string of the molecule is CN1CCC(=O)C12C=C2. The zero-order chi connectivity index (χ0) is 6.48. The van der Waals surface area contributed by atoms with Gasteiger partial charge in [-0.15, -0.1) is 0 Å². The molecular formula is C7H9NO. The number of likely N-dealkylation sites (N-methyl/N-ethyl adjacent to an activating group) is 1. The molecule has 0 unspecified atom stereocenters. The fourth-order valence-electron chi connectivity index (χ4n) is 1.39. The van der Waals surface area contributed by atoms with E-state index >= 15 is 0 Å². The Labute approximate surface area is 54.1 Å². The smallest absolute Gasteiger partial charge is 0.162 e. The minimum absolute atomic E-state index is 0.194. The van der Waals surface area contributed by atoms with Gasteiger partial charge in [0, 0.05) is 13.0 Å². The van der Waals surface area contributed by atoms with Crippen molar-refractivity contribution in [3.63, 3.8) is 0 Å². The molecule has 48 valence electrons. The molecule has 2 aliphatic rings. The van der Waals surface area contributed by atoms with Gasteiger partial charge in [0.25, 0.3) is 0 Å². The normalized spacial score (nSPS) is 30.1. The molecule has 1 spiro atoms. The van der Waals surface area contributed by atoms with Crippen molar-refractivity contribution in [2.45, 2.75) is 12.0 Å². The Kier molecular flexibility index (Phi) is 0.728. The molecule has 2 rings (SSSR count). The molecule has 1 aliphatic carbocycles. The first-order valence-corrected chi connectivity index (χ1v) is 3.21. The summed E-state index contributed by atoms with van der Waals surface area (Å²) in [5, 5.41) is 0. The van der Waals surface area contributed by atoms with Crippen LogP contribution in [0.25, 0.3) is 0 Å². The molecule has 0 atom stereocenters. The van der Waals surface area contributed by atoms with Crippen LogP contribution in [0.15, 0.2) is 12.2 Å². The van der Waals surface area contributed by atoms with Crippen LogP contribution in [0.1, 0.15) is 6.42 Å². The third-order valence-corrected chi connectivity index (χ3v) is 2.23. The van der Waals surface area contributed by atoms with Crippen molar-refractivity contribution in [3.8, 4) is 0 Å². The van der Waals surface area contributed by atoms with E-state index in [1.165, 1.54) is 0 Å². The maximum absolute atomic E-state index is 11.1. The largest absolute Gasteiger partial charge is 0.297 e. The number of nitrogens with zero attached hydrogens (tertiary/aromatic N) is 1. The van der Waals surface area contributed by atoms with Crippen LogP contribution < -0.4 is 0 Å². The van der Waals surface area contributed by atoms with Crippen molar-refractivity contribution in [1.82, 2.24) is 4.90 Å². The number of likely N-dealkylation sites (tertiary alicyclic amines) is 1. The molecule has 0 bridgehead atoms. The third-order valence-electron chi connectivity index (χ3n) is 2.23. The second-order valence-electron chi connectivity index (χ2n) is 2.75. The molecule has 1 fully saturated rings. The molecule has 0 aromatic rings. The first kappa shape index (κ1) is 5.18. The maximum atomic E-state index is 11.1. The summed E-state index contributed by atoms with van der Waals surface area (Å²) in [5.74, 6) is 0.366. The molecule has 0 N–H and O–H groups in total. The molecule has 2 nitrogen and oxygen atoms in total. The van der Waals surface area contributed by atoms with E-state index < -0.39 is 0 Å². The molecule has 9 heavy (non-hydrogen) atoms. The number of Topliss-reactive ketones (excluding diaryl/α,β-unsaturated/α-hetero) is 1. The summed E-state index contributed by atoms with van der Waals surface area (Å²) in [6, 6.07) is 0. The molecule has 0 aromatic heterocycles. The van der Waals surface area contributed by atoms with Gasteiger partial charge in [-0.25, -0.2) is 0 Å². The van der Waals surface area contributed by atoms with E-state index in [2.05, 4.69) is 4.90 Å². The zero-order valence-electron chi connectivity index (χ0n) is 5.42. The number of rotatable bonds is 0.